The van der Waals surface area contributed by atoms with E-state index >= 15 is 0 Å². The van der Waals surface area contributed by atoms with Crippen molar-refractivity contribution in [1.29, 1.82) is 0 Å². The number of aliphatic carboxylic acids is 1. The Kier molecular flexibility index (Phi) is 8.18. The molecule has 0 bridgehead atoms. The standard InChI is InChI=1S/C17H24FNO3/c1-2-3-4-5-6-10-16(20)19-15(17(21)22)12-13-8-7-9-14(18)11-13/h7-9,11,15H,2-6,10,12H2,1H3,(H,19,20)(H,21,22)/t15-/m0/s1. The Morgan fingerprint density at radius 1 is 1.23 bits per heavy atom. The summed E-state index contributed by atoms with van der Waals surface area (Å²) in [6, 6.07) is 4.74. The maximum absolute atomic E-state index is 13.1. The van der Waals surface area contributed by atoms with Crippen LogP contribution in [0.3, 0.4) is 0 Å². The fraction of sp³-hybridized carbons (Fsp3) is 0.529. The molecule has 0 fully saturated rings. The Labute approximate surface area is 130 Å². The lowest BCUT2D eigenvalue weighted by Gasteiger charge is -2.14. The van der Waals surface area contributed by atoms with Crippen LogP contribution in [-0.4, -0.2) is 23.0 Å². The van der Waals surface area contributed by atoms with Gasteiger partial charge in [0.15, 0.2) is 0 Å². The number of carbonyl (C=O) groups is 2. The Hall–Kier alpha value is -1.91. The molecule has 122 valence electrons. The van der Waals surface area contributed by atoms with Gasteiger partial charge >= 0.3 is 5.97 Å². The summed E-state index contributed by atoms with van der Waals surface area (Å²) in [6.07, 6.45) is 5.53. The first-order valence-electron chi connectivity index (χ1n) is 7.79. The number of carbonyl (C=O) groups excluding carboxylic acids is 1. The molecule has 0 aliphatic rings. The lowest BCUT2D eigenvalue weighted by atomic mass is 10.1. The summed E-state index contributed by atoms with van der Waals surface area (Å²) < 4.78 is 13.1. The van der Waals surface area contributed by atoms with Gasteiger partial charge < -0.3 is 10.4 Å². The lowest BCUT2D eigenvalue weighted by Crippen LogP contribution is -2.42. The SMILES string of the molecule is CCCCCCCC(=O)N[C@@H](Cc1cccc(F)c1)C(=O)O. The Morgan fingerprint density at radius 2 is 1.95 bits per heavy atom. The molecule has 4 nitrogen and oxygen atoms in total. The van der Waals surface area contributed by atoms with E-state index in [1.54, 1.807) is 6.07 Å². The molecule has 1 rings (SSSR count). The molecule has 0 aliphatic heterocycles. The third-order valence-electron chi connectivity index (χ3n) is 3.47. The van der Waals surface area contributed by atoms with E-state index in [1.807, 2.05) is 0 Å². The quantitative estimate of drug-likeness (QED) is 0.652. The minimum atomic E-state index is -1.11. The van der Waals surface area contributed by atoms with Gasteiger partial charge in [0.05, 0.1) is 0 Å². The summed E-state index contributed by atoms with van der Waals surface area (Å²) >= 11 is 0. The van der Waals surface area contributed by atoms with Crippen LogP contribution in [0.4, 0.5) is 4.39 Å². The van der Waals surface area contributed by atoms with Crippen molar-refractivity contribution in [1.82, 2.24) is 5.32 Å². The maximum Gasteiger partial charge on any atom is 0.326 e. The van der Waals surface area contributed by atoms with Gasteiger partial charge in [-0.2, -0.15) is 0 Å². The molecule has 1 amide bonds. The van der Waals surface area contributed by atoms with E-state index in [1.165, 1.54) is 18.2 Å². The summed E-state index contributed by atoms with van der Waals surface area (Å²) in [6.45, 7) is 2.12. The molecule has 0 spiro atoms. The predicted molar refractivity (Wildman–Crippen MR) is 83.0 cm³/mol. The molecule has 1 aromatic rings. The van der Waals surface area contributed by atoms with E-state index in [9.17, 15) is 19.1 Å². The number of amides is 1. The van der Waals surface area contributed by atoms with Gasteiger partial charge in [-0.05, 0) is 24.1 Å². The molecule has 0 heterocycles. The normalized spacial score (nSPS) is 11.9. The van der Waals surface area contributed by atoms with Gasteiger partial charge in [-0.25, -0.2) is 9.18 Å². The van der Waals surface area contributed by atoms with Gasteiger partial charge in [0.25, 0.3) is 0 Å². The first-order chi connectivity index (χ1) is 10.5. The number of hydrogen-bond donors (Lipinski definition) is 2. The number of halogens is 1. The van der Waals surface area contributed by atoms with Gasteiger partial charge in [0.2, 0.25) is 5.91 Å². The monoisotopic (exact) mass is 309 g/mol. The highest BCUT2D eigenvalue weighted by Gasteiger charge is 2.20. The number of hydrogen-bond acceptors (Lipinski definition) is 2. The van der Waals surface area contributed by atoms with Crippen LogP contribution in [-0.2, 0) is 16.0 Å². The van der Waals surface area contributed by atoms with Crippen molar-refractivity contribution in [3.05, 3.63) is 35.6 Å². The fourth-order valence-electron chi connectivity index (χ4n) is 2.26. The van der Waals surface area contributed by atoms with Crippen molar-refractivity contribution in [2.75, 3.05) is 0 Å². The molecule has 1 atom stereocenters. The molecule has 0 radical (unpaired) electrons. The van der Waals surface area contributed by atoms with E-state index < -0.39 is 17.8 Å². The highest BCUT2D eigenvalue weighted by molar-refractivity contribution is 5.83. The number of unbranched alkanes of at least 4 members (excludes halogenated alkanes) is 4. The summed E-state index contributed by atoms with van der Waals surface area (Å²) in [5, 5.41) is 11.7. The highest BCUT2D eigenvalue weighted by Crippen LogP contribution is 2.08. The average molecular weight is 309 g/mol. The smallest absolute Gasteiger partial charge is 0.326 e. The van der Waals surface area contributed by atoms with Crippen molar-refractivity contribution in [3.8, 4) is 0 Å². The van der Waals surface area contributed by atoms with Crippen LogP contribution in [0.25, 0.3) is 0 Å². The van der Waals surface area contributed by atoms with Crippen molar-refractivity contribution in [2.24, 2.45) is 0 Å². The van der Waals surface area contributed by atoms with Crippen LogP contribution in [0.15, 0.2) is 24.3 Å². The Balaban J connectivity index is 2.43. The zero-order valence-electron chi connectivity index (χ0n) is 13.0. The van der Waals surface area contributed by atoms with Crippen LogP contribution >= 0.6 is 0 Å². The first kappa shape index (κ1) is 18.1. The molecule has 0 aromatic heterocycles. The second kappa shape index (κ2) is 9.92. The summed E-state index contributed by atoms with van der Waals surface area (Å²) in [5.74, 6) is -1.78. The van der Waals surface area contributed by atoms with Crippen molar-refractivity contribution in [3.63, 3.8) is 0 Å². The fourth-order valence-corrected chi connectivity index (χ4v) is 2.26. The number of rotatable bonds is 10. The summed E-state index contributed by atoms with van der Waals surface area (Å²) in [7, 11) is 0. The van der Waals surface area contributed by atoms with Crippen molar-refractivity contribution < 1.29 is 19.1 Å². The van der Waals surface area contributed by atoms with Gasteiger partial charge in [-0.1, -0.05) is 44.7 Å². The second-order valence-electron chi connectivity index (χ2n) is 5.46. The molecule has 0 saturated heterocycles. The lowest BCUT2D eigenvalue weighted by molar-refractivity contribution is -0.141. The van der Waals surface area contributed by atoms with E-state index in [-0.39, 0.29) is 12.3 Å². The first-order valence-corrected chi connectivity index (χ1v) is 7.79. The van der Waals surface area contributed by atoms with Gasteiger partial charge in [-0.3, -0.25) is 4.79 Å². The van der Waals surface area contributed by atoms with E-state index in [0.717, 1.165) is 32.1 Å². The minimum Gasteiger partial charge on any atom is -0.480 e. The second-order valence-corrected chi connectivity index (χ2v) is 5.46. The Morgan fingerprint density at radius 3 is 2.59 bits per heavy atom. The number of carboxylic acid groups (broad SMARTS) is 1. The average Bonchev–Trinajstić information content (AvgIpc) is 2.46. The van der Waals surface area contributed by atoms with Crippen LogP contribution in [0.5, 0.6) is 0 Å². The summed E-state index contributed by atoms with van der Waals surface area (Å²) in [5.41, 5.74) is 0.552. The zero-order valence-corrected chi connectivity index (χ0v) is 13.0. The third-order valence-corrected chi connectivity index (χ3v) is 3.47. The van der Waals surface area contributed by atoms with Gasteiger partial charge in [0, 0.05) is 12.8 Å². The van der Waals surface area contributed by atoms with Crippen LogP contribution < -0.4 is 5.32 Å². The van der Waals surface area contributed by atoms with E-state index in [4.69, 9.17) is 0 Å². The molecule has 0 unspecified atom stereocenters. The van der Waals surface area contributed by atoms with Gasteiger partial charge in [0.1, 0.15) is 11.9 Å². The van der Waals surface area contributed by atoms with Crippen LogP contribution in [0.2, 0.25) is 0 Å². The van der Waals surface area contributed by atoms with Crippen LogP contribution in [0, 0.1) is 5.82 Å². The topological polar surface area (TPSA) is 66.4 Å². The number of nitrogens with one attached hydrogen (secondary N) is 1. The number of carboxylic acids is 1. The summed E-state index contributed by atoms with van der Waals surface area (Å²) in [4.78, 5) is 23.0. The van der Waals surface area contributed by atoms with E-state index in [2.05, 4.69) is 12.2 Å². The molecular weight excluding hydrogens is 285 g/mol. The zero-order chi connectivity index (χ0) is 16.4. The van der Waals surface area contributed by atoms with Crippen LogP contribution in [0.1, 0.15) is 51.0 Å². The molecule has 22 heavy (non-hydrogen) atoms. The predicted octanol–water partition coefficient (Wildman–Crippen LogP) is 3.30. The number of benzene rings is 1. The maximum atomic E-state index is 13.1. The van der Waals surface area contributed by atoms with Crippen molar-refractivity contribution >= 4 is 11.9 Å². The molecule has 2 N–H and O–H groups in total. The molecule has 1 aromatic carbocycles. The van der Waals surface area contributed by atoms with E-state index in [0.29, 0.717) is 12.0 Å². The Bertz CT molecular complexity index is 491. The molecule has 0 aliphatic carbocycles. The molecular formula is C17H24FNO3. The molecule has 5 heteroatoms. The minimum absolute atomic E-state index is 0.0780. The third kappa shape index (κ3) is 7.20. The van der Waals surface area contributed by atoms with Crippen molar-refractivity contribution in [2.45, 2.75) is 57.9 Å². The highest BCUT2D eigenvalue weighted by atomic mass is 19.1. The molecule has 0 saturated carbocycles. The van der Waals surface area contributed by atoms with Gasteiger partial charge in [-0.15, -0.1) is 0 Å². The largest absolute Gasteiger partial charge is 0.480 e.